The Morgan fingerprint density at radius 2 is 2.35 bits per heavy atom. The number of nitrogens with one attached hydrogen (secondary N) is 2. The van der Waals surface area contributed by atoms with Crippen molar-refractivity contribution >= 4 is 10.0 Å². The molecule has 0 saturated carbocycles. The molecule has 1 aliphatic heterocycles. The first-order chi connectivity index (χ1) is 9.53. The average Bonchev–Trinajstić information content (AvgIpc) is 2.47. The fraction of sp³-hybridized carbons (Fsp3) is 0.462. The van der Waals surface area contributed by atoms with Crippen molar-refractivity contribution in [3.63, 3.8) is 0 Å². The Bertz CT molecular complexity index is 616. The summed E-state index contributed by atoms with van der Waals surface area (Å²) in [5, 5.41) is 12.0. The van der Waals surface area contributed by atoms with Crippen LogP contribution in [0.2, 0.25) is 0 Å². The second-order valence-corrected chi connectivity index (χ2v) is 6.41. The minimum Gasteiger partial charge on any atom is -0.378 e. The topological polar surface area (TPSA) is 91.2 Å². The van der Waals surface area contributed by atoms with E-state index in [0.717, 1.165) is 6.54 Å². The number of aryl methyl sites for hydroxylation is 1. The van der Waals surface area contributed by atoms with Gasteiger partial charge in [-0.05, 0) is 24.6 Å². The standard InChI is InChI=1S/C13H17N3O3S/c1-10-2-3-11(7-14)6-13(10)20(17,18)16-8-12-9-19-5-4-15-12/h2-3,6,12,15-16H,4-5,8-9H2,1H3. The average molecular weight is 295 g/mol. The smallest absolute Gasteiger partial charge is 0.240 e. The Morgan fingerprint density at radius 1 is 1.55 bits per heavy atom. The van der Waals surface area contributed by atoms with Gasteiger partial charge >= 0.3 is 0 Å². The van der Waals surface area contributed by atoms with Crippen LogP contribution < -0.4 is 10.0 Å². The zero-order valence-corrected chi connectivity index (χ0v) is 12.0. The van der Waals surface area contributed by atoms with Crippen molar-refractivity contribution in [2.24, 2.45) is 0 Å². The first-order valence-corrected chi connectivity index (χ1v) is 7.83. The number of rotatable bonds is 4. The first kappa shape index (κ1) is 14.9. The molecule has 1 saturated heterocycles. The van der Waals surface area contributed by atoms with Gasteiger partial charge in [0.15, 0.2) is 0 Å². The van der Waals surface area contributed by atoms with Gasteiger partial charge in [-0.1, -0.05) is 6.07 Å². The van der Waals surface area contributed by atoms with Gasteiger partial charge in [0.05, 0.1) is 29.7 Å². The molecule has 1 heterocycles. The van der Waals surface area contributed by atoms with Crippen LogP contribution in [-0.2, 0) is 14.8 Å². The van der Waals surface area contributed by atoms with Crippen molar-refractivity contribution in [3.05, 3.63) is 29.3 Å². The first-order valence-electron chi connectivity index (χ1n) is 6.34. The molecule has 1 aliphatic rings. The maximum absolute atomic E-state index is 12.3. The molecule has 0 amide bonds. The van der Waals surface area contributed by atoms with Gasteiger partial charge in [0, 0.05) is 19.1 Å². The van der Waals surface area contributed by atoms with Crippen molar-refractivity contribution < 1.29 is 13.2 Å². The number of nitriles is 1. The molecule has 2 N–H and O–H groups in total. The van der Waals surface area contributed by atoms with E-state index >= 15 is 0 Å². The van der Waals surface area contributed by atoms with Crippen molar-refractivity contribution in [2.45, 2.75) is 17.9 Å². The Kier molecular flexibility index (Phi) is 4.73. The molecule has 108 valence electrons. The number of nitrogens with zero attached hydrogens (tertiary/aromatic N) is 1. The maximum Gasteiger partial charge on any atom is 0.240 e. The van der Waals surface area contributed by atoms with Crippen LogP contribution in [0, 0.1) is 18.3 Å². The lowest BCUT2D eigenvalue weighted by molar-refractivity contribution is 0.0784. The van der Waals surface area contributed by atoms with E-state index in [9.17, 15) is 8.42 Å². The summed E-state index contributed by atoms with van der Waals surface area (Å²) in [6.07, 6.45) is 0. The minimum absolute atomic E-state index is 0.0296. The lowest BCUT2D eigenvalue weighted by Gasteiger charge is -2.24. The predicted molar refractivity (Wildman–Crippen MR) is 73.7 cm³/mol. The molecule has 1 unspecified atom stereocenters. The van der Waals surface area contributed by atoms with Gasteiger partial charge in [-0.25, -0.2) is 13.1 Å². The molecule has 7 heteroatoms. The molecule has 2 rings (SSSR count). The Balaban J connectivity index is 2.11. The third-order valence-electron chi connectivity index (χ3n) is 3.12. The highest BCUT2D eigenvalue weighted by molar-refractivity contribution is 7.89. The Labute approximate surface area is 118 Å². The normalized spacial score (nSPS) is 19.5. The molecule has 20 heavy (non-hydrogen) atoms. The van der Waals surface area contributed by atoms with E-state index in [1.165, 1.54) is 6.07 Å². The van der Waals surface area contributed by atoms with E-state index in [1.807, 2.05) is 6.07 Å². The highest BCUT2D eigenvalue weighted by Crippen LogP contribution is 2.16. The summed E-state index contributed by atoms with van der Waals surface area (Å²) in [6.45, 7) is 3.82. The number of sulfonamides is 1. The van der Waals surface area contributed by atoms with E-state index in [1.54, 1.807) is 19.1 Å². The molecule has 0 aliphatic carbocycles. The molecule has 1 fully saturated rings. The summed E-state index contributed by atoms with van der Waals surface area (Å²) in [7, 11) is -3.62. The van der Waals surface area contributed by atoms with Crippen LogP contribution in [0.5, 0.6) is 0 Å². The summed E-state index contributed by atoms with van der Waals surface area (Å²) >= 11 is 0. The van der Waals surface area contributed by atoms with Crippen LogP contribution in [0.3, 0.4) is 0 Å². The molecule has 0 spiro atoms. The molecule has 0 radical (unpaired) electrons. The monoisotopic (exact) mass is 295 g/mol. The van der Waals surface area contributed by atoms with Gasteiger partial charge in [0.2, 0.25) is 10.0 Å². The lowest BCUT2D eigenvalue weighted by atomic mass is 10.2. The van der Waals surface area contributed by atoms with E-state index in [2.05, 4.69) is 10.0 Å². The molecular formula is C13H17N3O3S. The van der Waals surface area contributed by atoms with Gasteiger partial charge in [-0.3, -0.25) is 0 Å². The second kappa shape index (κ2) is 6.33. The van der Waals surface area contributed by atoms with Crippen molar-refractivity contribution in [1.82, 2.24) is 10.0 Å². The Morgan fingerprint density at radius 3 is 3.00 bits per heavy atom. The predicted octanol–water partition coefficient (Wildman–Crippen LogP) is 0.133. The molecular weight excluding hydrogens is 278 g/mol. The zero-order valence-electron chi connectivity index (χ0n) is 11.2. The van der Waals surface area contributed by atoms with Crippen LogP contribution in [0.15, 0.2) is 23.1 Å². The van der Waals surface area contributed by atoms with Crippen molar-refractivity contribution in [3.8, 4) is 6.07 Å². The van der Waals surface area contributed by atoms with Crippen molar-refractivity contribution in [1.29, 1.82) is 5.26 Å². The summed E-state index contributed by atoms with van der Waals surface area (Å²) in [5.74, 6) is 0. The number of ether oxygens (including phenoxy) is 1. The van der Waals surface area contributed by atoms with E-state index in [4.69, 9.17) is 10.00 Å². The van der Waals surface area contributed by atoms with Crippen molar-refractivity contribution in [2.75, 3.05) is 26.3 Å². The van der Waals surface area contributed by atoms with Crippen LogP contribution >= 0.6 is 0 Å². The van der Waals surface area contributed by atoms with Crippen LogP contribution in [-0.4, -0.2) is 40.8 Å². The van der Waals surface area contributed by atoms with Gasteiger partial charge in [0.25, 0.3) is 0 Å². The van der Waals surface area contributed by atoms with Gasteiger partial charge in [-0.15, -0.1) is 0 Å². The molecule has 0 bridgehead atoms. The van der Waals surface area contributed by atoms with E-state index < -0.39 is 10.0 Å². The number of hydrogen-bond donors (Lipinski definition) is 2. The van der Waals surface area contributed by atoms with Gasteiger partial charge < -0.3 is 10.1 Å². The van der Waals surface area contributed by atoms with Gasteiger partial charge in [-0.2, -0.15) is 5.26 Å². The Hall–Kier alpha value is -1.46. The summed E-state index contributed by atoms with van der Waals surface area (Å²) in [4.78, 5) is 0.147. The third kappa shape index (κ3) is 3.55. The fourth-order valence-electron chi connectivity index (χ4n) is 2.00. The highest BCUT2D eigenvalue weighted by Gasteiger charge is 2.20. The summed E-state index contributed by atoms with van der Waals surface area (Å²) in [6, 6.07) is 6.55. The summed E-state index contributed by atoms with van der Waals surface area (Å²) in [5.41, 5.74) is 0.944. The quantitative estimate of drug-likeness (QED) is 0.824. The minimum atomic E-state index is -3.62. The second-order valence-electron chi connectivity index (χ2n) is 4.67. The highest BCUT2D eigenvalue weighted by atomic mass is 32.2. The maximum atomic E-state index is 12.3. The van der Waals surface area contributed by atoms with E-state index in [0.29, 0.717) is 24.3 Å². The SMILES string of the molecule is Cc1ccc(C#N)cc1S(=O)(=O)NCC1COCCN1. The van der Waals surface area contributed by atoms with E-state index in [-0.39, 0.29) is 17.5 Å². The van der Waals surface area contributed by atoms with Crippen LogP contribution in [0.4, 0.5) is 0 Å². The molecule has 1 aromatic carbocycles. The van der Waals surface area contributed by atoms with Crippen LogP contribution in [0.25, 0.3) is 0 Å². The lowest BCUT2D eigenvalue weighted by Crippen LogP contribution is -2.48. The number of benzene rings is 1. The number of hydrogen-bond acceptors (Lipinski definition) is 5. The molecule has 6 nitrogen and oxygen atoms in total. The largest absolute Gasteiger partial charge is 0.378 e. The van der Waals surface area contributed by atoms with Gasteiger partial charge in [0.1, 0.15) is 0 Å². The molecule has 1 aromatic rings. The molecule has 0 aromatic heterocycles. The fourth-order valence-corrected chi connectivity index (χ4v) is 3.35. The number of morpholine rings is 1. The van der Waals surface area contributed by atoms with Crippen LogP contribution in [0.1, 0.15) is 11.1 Å². The molecule has 1 atom stereocenters. The summed E-state index contributed by atoms with van der Waals surface area (Å²) < 4.78 is 32.4. The third-order valence-corrected chi connectivity index (χ3v) is 4.69. The zero-order chi connectivity index (χ0) is 14.6.